The molecule has 0 radical (unpaired) electrons. The number of hydrogen-bond acceptors (Lipinski definition) is 1. The molecule has 3 atom stereocenters. The van der Waals surface area contributed by atoms with Gasteiger partial charge in [0.1, 0.15) is 0 Å². The van der Waals surface area contributed by atoms with Crippen molar-refractivity contribution < 1.29 is 0 Å². The number of rotatable bonds is 4. The molecule has 1 aliphatic rings. The Balaban J connectivity index is 1.88. The molecule has 0 aromatic heterocycles. The molecule has 1 nitrogen and oxygen atoms in total. The highest BCUT2D eigenvalue weighted by Crippen LogP contribution is 2.24. The van der Waals surface area contributed by atoms with Gasteiger partial charge in [-0.05, 0) is 44.6 Å². The summed E-state index contributed by atoms with van der Waals surface area (Å²) in [7, 11) is 0. The lowest BCUT2D eigenvalue weighted by Crippen LogP contribution is -2.45. The quantitative estimate of drug-likeness (QED) is 0.771. The van der Waals surface area contributed by atoms with Gasteiger partial charge in [-0.25, -0.2) is 0 Å². The zero-order valence-corrected chi connectivity index (χ0v) is 12.1. The Kier molecular flexibility index (Phi) is 4.82. The van der Waals surface area contributed by atoms with Crippen LogP contribution < -0.4 is 0 Å². The van der Waals surface area contributed by atoms with Crippen molar-refractivity contribution in [1.29, 1.82) is 0 Å². The number of nitrogens with zero attached hydrogens (tertiary/aromatic N) is 1. The first-order valence-electron chi connectivity index (χ1n) is 7.46. The fraction of sp³-hybridized carbons (Fsp3) is 0.647. The first kappa shape index (κ1) is 13.6. The number of benzene rings is 1. The largest absolute Gasteiger partial charge is 0.298 e. The molecular formula is C17H27N. The number of piperidine rings is 1. The fourth-order valence-corrected chi connectivity index (χ4v) is 3.28. The van der Waals surface area contributed by atoms with Crippen molar-refractivity contribution in [2.45, 2.75) is 58.5 Å². The van der Waals surface area contributed by atoms with Gasteiger partial charge >= 0.3 is 0 Å². The van der Waals surface area contributed by atoms with E-state index in [0.29, 0.717) is 0 Å². The summed E-state index contributed by atoms with van der Waals surface area (Å²) >= 11 is 0. The summed E-state index contributed by atoms with van der Waals surface area (Å²) < 4.78 is 0. The minimum Gasteiger partial charge on any atom is -0.298 e. The summed E-state index contributed by atoms with van der Waals surface area (Å²) in [5.41, 5.74) is 1.47. The second-order valence-electron chi connectivity index (χ2n) is 6.12. The maximum atomic E-state index is 2.72. The van der Waals surface area contributed by atoms with Crippen LogP contribution in [0.5, 0.6) is 0 Å². The Morgan fingerprint density at radius 3 is 2.33 bits per heavy atom. The zero-order chi connectivity index (χ0) is 13.0. The molecule has 3 unspecified atom stereocenters. The Hall–Kier alpha value is -0.820. The summed E-state index contributed by atoms with van der Waals surface area (Å²) in [5.74, 6) is 0.746. The summed E-state index contributed by atoms with van der Waals surface area (Å²) in [4.78, 5) is 2.72. The number of hydrogen-bond donors (Lipinski definition) is 0. The van der Waals surface area contributed by atoms with E-state index in [1.54, 1.807) is 0 Å². The summed E-state index contributed by atoms with van der Waals surface area (Å²) in [6, 6.07) is 12.4. The summed E-state index contributed by atoms with van der Waals surface area (Å²) in [6.07, 6.45) is 5.37. The molecule has 0 N–H and O–H groups in total. The molecule has 18 heavy (non-hydrogen) atoms. The van der Waals surface area contributed by atoms with E-state index in [9.17, 15) is 0 Å². The molecule has 1 heteroatoms. The molecule has 1 aromatic carbocycles. The van der Waals surface area contributed by atoms with E-state index >= 15 is 0 Å². The van der Waals surface area contributed by atoms with Crippen molar-refractivity contribution in [3.05, 3.63) is 35.9 Å². The maximum absolute atomic E-state index is 2.72. The van der Waals surface area contributed by atoms with Crippen LogP contribution in [0.2, 0.25) is 0 Å². The second kappa shape index (κ2) is 6.38. The molecule has 1 aromatic rings. The van der Waals surface area contributed by atoms with E-state index in [0.717, 1.165) is 18.0 Å². The van der Waals surface area contributed by atoms with Crippen molar-refractivity contribution in [3.8, 4) is 0 Å². The highest BCUT2D eigenvalue weighted by Gasteiger charge is 2.25. The topological polar surface area (TPSA) is 3.24 Å². The van der Waals surface area contributed by atoms with Gasteiger partial charge in [0.25, 0.3) is 0 Å². The molecule has 0 amide bonds. The van der Waals surface area contributed by atoms with Gasteiger partial charge in [-0.1, -0.05) is 43.7 Å². The monoisotopic (exact) mass is 245 g/mol. The molecule has 0 saturated carbocycles. The Morgan fingerprint density at radius 2 is 1.72 bits per heavy atom. The van der Waals surface area contributed by atoms with Gasteiger partial charge in [0, 0.05) is 18.6 Å². The van der Waals surface area contributed by atoms with Gasteiger partial charge in [-0.15, -0.1) is 0 Å². The normalized spacial score (nSPS) is 27.1. The SMILES string of the molecule is CC(Cc1ccccc1)CN1C(C)CCCC1C. The average Bonchev–Trinajstić information content (AvgIpc) is 2.35. The lowest BCUT2D eigenvalue weighted by Gasteiger charge is -2.40. The van der Waals surface area contributed by atoms with Crippen molar-refractivity contribution in [2.75, 3.05) is 6.54 Å². The van der Waals surface area contributed by atoms with Crippen LogP contribution >= 0.6 is 0 Å². The van der Waals surface area contributed by atoms with Crippen LogP contribution in [-0.4, -0.2) is 23.5 Å². The average molecular weight is 245 g/mol. The van der Waals surface area contributed by atoms with Crippen molar-refractivity contribution >= 4 is 0 Å². The van der Waals surface area contributed by atoms with E-state index in [4.69, 9.17) is 0 Å². The molecule has 1 aliphatic heterocycles. The van der Waals surface area contributed by atoms with Crippen molar-refractivity contribution in [1.82, 2.24) is 4.90 Å². The molecule has 1 fully saturated rings. The van der Waals surface area contributed by atoms with E-state index in [1.807, 2.05) is 0 Å². The van der Waals surface area contributed by atoms with Gasteiger partial charge in [0.15, 0.2) is 0 Å². The molecule has 0 bridgehead atoms. The van der Waals surface area contributed by atoms with Crippen LogP contribution in [0.3, 0.4) is 0 Å². The van der Waals surface area contributed by atoms with Crippen LogP contribution in [-0.2, 0) is 6.42 Å². The molecule has 2 rings (SSSR count). The first-order chi connectivity index (χ1) is 8.66. The van der Waals surface area contributed by atoms with Crippen molar-refractivity contribution in [3.63, 3.8) is 0 Å². The predicted molar refractivity (Wildman–Crippen MR) is 78.8 cm³/mol. The third kappa shape index (κ3) is 3.58. The smallest absolute Gasteiger partial charge is 0.00698 e. The van der Waals surface area contributed by atoms with Gasteiger partial charge in [-0.3, -0.25) is 4.90 Å². The highest BCUT2D eigenvalue weighted by molar-refractivity contribution is 5.15. The Labute approximate surface area is 112 Å². The number of likely N-dealkylation sites (tertiary alicyclic amines) is 1. The summed E-state index contributed by atoms with van der Waals surface area (Å²) in [6.45, 7) is 8.42. The lowest BCUT2D eigenvalue weighted by atomic mass is 9.94. The van der Waals surface area contributed by atoms with Crippen LogP contribution in [0.4, 0.5) is 0 Å². The van der Waals surface area contributed by atoms with Gasteiger partial charge in [0.05, 0.1) is 0 Å². The van der Waals surface area contributed by atoms with Crippen LogP contribution in [0.1, 0.15) is 45.6 Å². The zero-order valence-electron chi connectivity index (χ0n) is 12.1. The molecule has 1 saturated heterocycles. The Bertz CT molecular complexity index is 336. The van der Waals surface area contributed by atoms with Gasteiger partial charge < -0.3 is 0 Å². The van der Waals surface area contributed by atoms with E-state index in [1.165, 1.54) is 37.8 Å². The molecule has 100 valence electrons. The lowest BCUT2D eigenvalue weighted by molar-refractivity contribution is 0.0869. The van der Waals surface area contributed by atoms with E-state index in [2.05, 4.69) is 56.0 Å². The third-order valence-electron chi connectivity index (χ3n) is 4.33. The fourth-order valence-electron chi connectivity index (χ4n) is 3.28. The minimum absolute atomic E-state index is 0.746. The molecular weight excluding hydrogens is 218 g/mol. The molecule has 0 spiro atoms. The second-order valence-corrected chi connectivity index (χ2v) is 6.12. The van der Waals surface area contributed by atoms with Crippen molar-refractivity contribution in [2.24, 2.45) is 5.92 Å². The standard InChI is InChI=1S/C17H27N/c1-14(12-17-10-5-4-6-11-17)13-18-15(2)8-7-9-16(18)3/h4-6,10-11,14-16H,7-9,12-13H2,1-3H3. The van der Waals surface area contributed by atoms with Crippen LogP contribution in [0.15, 0.2) is 30.3 Å². The minimum atomic E-state index is 0.746. The third-order valence-corrected chi connectivity index (χ3v) is 4.33. The Morgan fingerprint density at radius 1 is 1.11 bits per heavy atom. The molecule has 0 aliphatic carbocycles. The molecule has 1 heterocycles. The van der Waals surface area contributed by atoms with E-state index < -0.39 is 0 Å². The van der Waals surface area contributed by atoms with Gasteiger partial charge in [0.2, 0.25) is 0 Å². The first-order valence-corrected chi connectivity index (χ1v) is 7.46. The summed E-state index contributed by atoms with van der Waals surface area (Å²) in [5, 5.41) is 0. The van der Waals surface area contributed by atoms with E-state index in [-0.39, 0.29) is 0 Å². The highest BCUT2D eigenvalue weighted by atomic mass is 15.2. The van der Waals surface area contributed by atoms with Crippen LogP contribution in [0.25, 0.3) is 0 Å². The predicted octanol–water partition coefficient (Wildman–Crippen LogP) is 4.13. The maximum Gasteiger partial charge on any atom is 0.00698 e. The van der Waals surface area contributed by atoms with Gasteiger partial charge in [-0.2, -0.15) is 0 Å². The van der Waals surface area contributed by atoms with Crippen LogP contribution in [0, 0.1) is 5.92 Å².